The number of hydrogen-bond acceptors (Lipinski definition) is 4. The molecular formula is C14H18N2O5. The predicted octanol–water partition coefficient (Wildman–Crippen LogP) is 2.31. The van der Waals surface area contributed by atoms with Crippen molar-refractivity contribution in [2.24, 2.45) is 0 Å². The summed E-state index contributed by atoms with van der Waals surface area (Å²) in [5, 5.41) is 19.4. The van der Waals surface area contributed by atoms with E-state index in [0.29, 0.717) is 5.56 Å². The molecule has 0 heterocycles. The molecule has 0 atom stereocenters. The van der Waals surface area contributed by atoms with Gasteiger partial charge in [0.05, 0.1) is 11.3 Å². The first-order valence-electron chi connectivity index (χ1n) is 6.41. The number of non-ortho nitro benzene ring substituents is 1. The van der Waals surface area contributed by atoms with Crippen molar-refractivity contribution >= 4 is 17.6 Å². The second-order valence-electron chi connectivity index (χ2n) is 5.58. The lowest BCUT2D eigenvalue weighted by Gasteiger charge is -2.35. The number of carboxylic acid groups (broad SMARTS) is 1. The van der Waals surface area contributed by atoms with E-state index in [-0.39, 0.29) is 24.6 Å². The fourth-order valence-electron chi connectivity index (χ4n) is 1.83. The zero-order chi connectivity index (χ0) is 16.2. The van der Waals surface area contributed by atoms with Crippen LogP contribution >= 0.6 is 0 Å². The van der Waals surface area contributed by atoms with E-state index in [9.17, 15) is 19.7 Å². The zero-order valence-electron chi connectivity index (χ0n) is 12.2. The molecule has 7 nitrogen and oxygen atoms in total. The molecular weight excluding hydrogens is 276 g/mol. The molecule has 0 saturated carbocycles. The van der Waals surface area contributed by atoms with Gasteiger partial charge in [-0.05, 0) is 32.9 Å². The molecule has 21 heavy (non-hydrogen) atoms. The van der Waals surface area contributed by atoms with Gasteiger partial charge in [0.25, 0.3) is 11.6 Å². The van der Waals surface area contributed by atoms with Crippen molar-refractivity contribution in [1.82, 2.24) is 4.90 Å². The van der Waals surface area contributed by atoms with Gasteiger partial charge in [-0.25, -0.2) is 0 Å². The third-order valence-corrected chi connectivity index (χ3v) is 2.93. The number of aliphatic carboxylic acids is 1. The third-order valence-electron chi connectivity index (χ3n) is 2.93. The second-order valence-corrected chi connectivity index (χ2v) is 5.58. The highest BCUT2D eigenvalue weighted by atomic mass is 16.6. The molecule has 0 aliphatic carbocycles. The smallest absolute Gasteiger partial charge is 0.305 e. The van der Waals surface area contributed by atoms with E-state index in [1.807, 2.05) is 0 Å². The number of amides is 1. The maximum Gasteiger partial charge on any atom is 0.305 e. The Morgan fingerprint density at radius 3 is 2.14 bits per heavy atom. The Balaban J connectivity index is 2.99. The van der Waals surface area contributed by atoms with E-state index in [2.05, 4.69) is 0 Å². The van der Waals surface area contributed by atoms with Crippen molar-refractivity contribution < 1.29 is 19.6 Å². The SMILES string of the molecule is CC(C)(C)N(CCC(=O)O)C(=O)c1ccc([N+](=O)[O-])cc1. The summed E-state index contributed by atoms with van der Waals surface area (Å²) in [7, 11) is 0. The summed E-state index contributed by atoms with van der Waals surface area (Å²) in [5.41, 5.74) is -0.353. The topological polar surface area (TPSA) is 101 Å². The van der Waals surface area contributed by atoms with Crippen molar-refractivity contribution in [2.45, 2.75) is 32.7 Å². The maximum atomic E-state index is 12.4. The van der Waals surface area contributed by atoms with Crippen LogP contribution in [0.3, 0.4) is 0 Å². The van der Waals surface area contributed by atoms with Crippen LogP contribution in [0.5, 0.6) is 0 Å². The van der Waals surface area contributed by atoms with E-state index in [1.54, 1.807) is 20.8 Å². The molecule has 114 valence electrons. The van der Waals surface area contributed by atoms with Crippen LogP contribution in [0.25, 0.3) is 0 Å². The maximum absolute atomic E-state index is 12.4. The molecule has 0 aliphatic rings. The number of hydrogen-bond donors (Lipinski definition) is 1. The predicted molar refractivity (Wildman–Crippen MR) is 76.1 cm³/mol. The molecule has 1 rings (SSSR count). The van der Waals surface area contributed by atoms with Crippen LogP contribution in [0.15, 0.2) is 24.3 Å². The second kappa shape index (κ2) is 6.34. The van der Waals surface area contributed by atoms with Crippen LogP contribution in [0.1, 0.15) is 37.6 Å². The zero-order valence-corrected chi connectivity index (χ0v) is 12.2. The van der Waals surface area contributed by atoms with E-state index >= 15 is 0 Å². The number of carboxylic acids is 1. The molecule has 1 N–H and O–H groups in total. The van der Waals surface area contributed by atoms with Crippen molar-refractivity contribution in [3.8, 4) is 0 Å². The van der Waals surface area contributed by atoms with E-state index < -0.39 is 16.4 Å². The summed E-state index contributed by atoms with van der Waals surface area (Å²) in [6.45, 7) is 5.49. The van der Waals surface area contributed by atoms with Crippen LogP contribution in [-0.4, -0.2) is 38.9 Å². The Hall–Kier alpha value is -2.44. The van der Waals surface area contributed by atoms with E-state index in [0.717, 1.165) is 0 Å². The Labute approximate surface area is 122 Å². The van der Waals surface area contributed by atoms with Gasteiger partial charge in [-0.3, -0.25) is 19.7 Å². The van der Waals surface area contributed by atoms with Crippen molar-refractivity contribution in [3.63, 3.8) is 0 Å². The van der Waals surface area contributed by atoms with Gasteiger partial charge < -0.3 is 10.0 Å². The summed E-state index contributed by atoms with van der Waals surface area (Å²) in [6.07, 6.45) is -0.157. The van der Waals surface area contributed by atoms with Crippen molar-refractivity contribution in [3.05, 3.63) is 39.9 Å². The van der Waals surface area contributed by atoms with Gasteiger partial charge in [0, 0.05) is 29.8 Å². The number of rotatable bonds is 5. The highest BCUT2D eigenvalue weighted by molar-refractivity contribution is 5.95. The normalized spacial score (nSPS) is 11.0. The largest absolute Gasteiger partial charge is 0.481 e. The standard InChI is InChI=1S/C14H18N2O5/c1-14(2,3)15(9-8-12(17)18)13(19)10-4-6-11(7-5-10)16(20)21/h4-7H,8-9H2,1-3H3,(H,17,18). The van der Waals surface area contributed by atoms with Gasteiger partial charge in [0.15, 0.2) is 0 Å². The molecule has 0 aliphatic heterocycles. The molecule has 1 aromatic rings. The summed E-state index contributed by atoms with van der Waals surface area (Å²) < 4.78 is 0. The average molecular weight is 294 g/mol. The van der Waals surface area contributed by atoms with Gasteiger partial charge in [-0.2, -0.15) is 0 Å². The number of nitro groups is 1. The van der Waals surface area contributed by atoms with Crippen molar-refractivity contribution in [1.29, 1.82) is 0 Å². The lowest BCUT2D eigenvalue weighted by Crippen LogP contribution is -2.46. The third kappa shape index (κ3) is 4.55. The highest BCUT2D eigenvalue weighted by Crippen LogP contribution is 2.19. The monoisotopic (exact) mass is 294 g/mol. The molecule has 7 heteroatoms. The number of carbonyl (C=O) groups is 2. The van der Waals surface area contributed by atoms with Crippen LogP contribution < -0.4 is 0 Å². The van der Waals surface area contributed by atoms with Gasteiger partial charge in [-0.15, -0.1) is 0 Å². The van der Waals surface area contributed by atoms with Crippen LogP contribution in [0, 0.1) is 10.1 Å². The van der Waals surface area contributed by atoms with E-state index in [4.69, 9.17) is 5.11 Å². The fraction of sp³-hybridized carbons (Fsp3) is 0.429. The molecule has 0 spiro atoms. The summed E-state index contributed by atoms with van der Waals surface area (Å²) in [6, 6.07) is 5.26. The quantitative estimate of drug-likeness (QED) is 0.663. The molecule has 0 saturated heterocycles. The summed E-state index contributed by atoms with van der Waals surface area (Å²) >= 11 is 0. The van der Waals surface area contributed by atoms with Gasteiger partial charge >= 0.3 is 5.97 Å². The minimum atomic E-state index is -0.985. The minimum Gasteiger partial charge on any atom is -0.481 e. The Bertz CT molecular complexity index is 545. The number of carbonyl (C=O) groups excluding carboxylic acids is 1. The summed E-state index contributed by atoms with van der Waals surface area (Å²) in [4.78, 5) is 34.6. The Kier molecular flexibility index (Phi) is 5.02. The van der Waals surface area contributed by atoms with Crippen LogP contribution in [0.4, 0.5) is 5.69 Å². The van der Waals surface area contributed by atoms with Gasteiger partial charge in [-0.1, -0.05) is 0 Å². The van der Waals surface area contributed by atoms with Crippen LogP contribution in [-0.2, 0) is 4.79 Å². The van der Waals surface area contributed by atoms with Crippen molar-refractivity contribution in [2.75, 3.05) is 6.54 Å². The molecule has 0 fully saturated rings. The molecule has 1 amide bonds. The first kappa shape index (κ1) is 16.6. The first-order chi connectivity index (χ1) is 9.62. The van der Waals surface area contributed by atoms with Gasteiger partial charge in [0.1, 0.15) is 0 Å². The Morgan fingerprint density at radius 1 is 1.24 bits per heavy atom. The first-order valence-corrected chi connectivity index (χ1v) is 6.41. The Morgan fingerprint density at radius 2 is 1.76 bits per heavy atom. The molecule has 0 bridgehead atoms. The number of nitro benzene ring substituents is 1. The average Bonchev–Trinajstić information content (AvgIpc) is 2.36. The molecule has 0 radical (unpaired) electrons. The lowest BCUT2D eigenvalue weighted by molar-refractivity contribution is -0.384. The number of benzene rings is 1. The van der Waals surface area contributed by atoms with Gasteiger partial charge in [0.2, 0.25) is 0 Å². The highest BCUT2D eigenvalue weighted by Gasteiger charge is 2.27. The summed E-state index contributed by atoms with van der Waals surface area (Å²) in [5.74, 6) is -1.33. The molecule has 0 aromatic heterocycles. The molecule has 0 unspecified atom stereocenters. The number of nitrogens with zero attached hydrogens (tertiary/aromatic N) is 2. The fourth-order valence-corrected chi connectivity index (χ4v) is 1.83. The lowest BCUT2D eigenvalue weighted by atomic mass is 10.0. The van der Waals surface area contributed by atoms with E-state index in [1.165, 1.54) is 29.2 Å². The minimum absolute atomic E-state index is 0.0780. The molecule has 1 aromatic carbocycles. The van der Waals surface area contributed by atoms with Crippen LogP contribution in [0.2, 0.25) is 0 Å².